The van der Waals surface area contributed by atoms with Crippen LogP contribution in [0.2, 0.25) is 0 Å². The van der Waals surface area contributed by atoms with Crippen molar-refractivity contribution < 1.29 is 4.42 Å². The lowest BCUT2D eigenvalue weighted by molar-refractivity contribution is 0.530. The number of nitrogens with two attached hydrogens (primary N) is 1. The van der Waals surface area contributed by atoms with Gasteiger partial charge in [0.25, 0.3) is 0 Å². The topological polar surface area (TPSA) is 39.2 Å². The number of hydrogen-bond acceptors (Lipinski definition) is 3. The minimum absolute atomic E-state index is 0.0521. The number of thiophene rings is 1. The predicted octanol–water partition coefficient (Wildman–Crippen LogP) is 2.70. The summed E-state index contributed by atoms with van der Waals surface area (Å²) in [4.78, 5) is 0. The summed E-state index contributed by atoms with van der Waals surface area (Å²) < 4.78 is 5.21. The highest BCUT2D eigenvalue weighted by molar-refractivity contribution is 7.07. The standard InChI is InChI=1S/C10H11NOS/c1-7-4-9(5-12-7)10(11)8-2-3-13-6-8/h2-6,10H,11H2,1H3. The van der Waals surface area contributed by atoms with Crippen LogP contribution in [-0.2, 0) is 0 Å². The lowest BCUT2D eigenvalue weighted by Gasteiger charge is -2.05. The summed E-state index contributed by atoms with van der Waals surface area (Å²) in [6.07, 6.45) is 1.72. The fraction of sp³-hybridized carbons (Fsp3) is 0.200. The molecule has 2 aromatic heterocycles. The smallest absolute Gasteiger partial charge is 0.101 e. The van der Waals surface area contributed by atoms with Crippen molar-refractivity contribution in [2.75, 3.05) is 0 Å². The van der Waals surface area contributed by atoms with Crippen molar-refractivity contribution >= 4 is 11.3 Å². The van der Waals surface area contributed by atoms with Crippen molar-refractivity contribution in [2.24, 2.45) is 5.73 Å². The summed E-state index contributed by atoms with van der Waals surface area (Å²) in [6.45, 7) is 1.92. The quantitative estimate of drug-likeness (QED) is 0.796. The maximum atomic E-state index is 6.02. The maximum Gasteiger partial charge on any atom is 0.101 e. The van der Waals surface area contributed by atoms with Gasteiger partial charge in [0.15, 0.2) is 0 Å². The van der Waals surface area contributed by atoms with Crippen molar-refractivity contribution in [3.05, 3.63) is 46.0 Å². The molecule has 0 bridgehead atoms. The highest BCUT2D eigenvalue weighted by Crippen LogP contribution is 2.22. The largest absolute Gasteiger partial charge is 0.469 e. The Morgan fingerprint density at radius 2 is 2.31 bits per heavy atom. The van der Waals surface area contributed by atoms with Gasteiger partial charge in [-0.2, -0.15) is 11.3 Å². The molecular weight excluding hydrogens is 182 g/mol. The van der Waals surface area contributed by atoms with Gasteiger partial charge in [-0.15, -0.1) is 0 Å². The Morgan fingerprint density at radius 1 is 1.46 bits per heavy atom. The monoisotopic (exact) mass is 193 g/mol. The first-order chi connectivity index (χ1) is 6.27. The van der Waals surface area contributed by atoms with Crippen LogP contribution < -0.4 is 5.73 Å². The maximum absolute atomic E-state index is 6.02. The van der Waals surface area contributed by atoms with E-state index in [0.717, 1.165) is 16.9 Å². The zero-order valence-corrected chi connectivity index (χ0v) is 8.17. The highest BCUT2D eigenvalue weighted by Gasteiger charge is 2.10. The molecule has 2 aromatic rings. The second kappa shape index (κ2) is 3.36. The molecule has 0 amide bonds. The van der Waals surface area contributed by atoms with E-state index in [1.54, 1.807) is 17.6 Å². The van der Waals surface area contributed by atoms with E-state index in [0.29, 0.717) is 0 Å². The molecule has 2 heterocycles. The third kappa shape index (κ3) is 1.66. The minimum Gasteiger partial charge on any atom is -0.469 e. The molecule has 13 heavy (non-hydrogen) atoms. The van der Waals surface area contributed by atoms with E-state index in [1.165, 1.54) is 0 Å². The first kappa shape index (κ1) is 8.53. The van der Waals surface area contributed by atoms with Crippen molar-refractivity contribution in [1.29, 1.82) is 0 Å². The zero-order chi connectivity index (χ0) is 9.26. The molecule has 0 radical (unpaired) electrons. The molecule has 1 unspecified atom stereocenters. The van der Waals surface area contributed by atoms with Gasteiger partial charge in [0.2, 0.25) is 0 Å². The van der Waals surface area contributed by atoms with Crippen LogP contribution in [0.4, 0.5) is 0 Å². The summed E-state index contributed by atoms with van der Waals surface area (Å²) >= 11 is 1.66. The molecule has 0 aliphatic carbocycles. The van der Waals surface area contributed by atoms with E-state index in [2.05, 4.69) is 5.38 Å². The Hall–Kier alpha value is -1.06. The van der Waals surface area contributed by atoms with Crippen molar-refractivity contribution in [3.63, 3.8) is 0 Å². The Balaban J connectivity index is 2.28. The highest BCUT2D eigenvalue weighted by atomic mass is 32.1. The molecule has 0 fully saturated rings. The number of furan rings is 1. The van der Waals surface area contributed by atoms with E-state index < -0.39 is 0 Å². The van der Waals surface area contributed by atoms with E-state index >= 15 is 0 Å². The summed E-state index contributed by atoms with van der Waals surface area (Å²) in [7, 11) is 0. The molecule has 68 valence electrons. The number of hydrogen-bond donors (Lipinski definition) is 1. The van der Waals surface area contributed by atoms with Crippen LogP contribution in [0.5, 0.6) is 0 Å². The minimum atomic E-state index is -0.0521. The lowest BCUT2D eigenvalue weighted by Crippen LogP contribution is -2.09. The molecule has 0 saturated carbocycles. The molecule has 0 aliphatic heterocycles. The molecule has 2 N–H and O–H groups in total. The number of rotatable bonds is 2. The molecule has 0 aromatic carbocycles. The summed E-state index contributed by atoms with van der Waals surface area (Å²) in [6, 6.07) is 3.96. The molecular formula is C10H11NOS. The third-order valence-corrected chi connectivity index (χ3v) is 2.71. The second-order valence-electron chi connectivity index (χ2n) is 3.03. The van der Waals surface area contributed by atoms with E-state index in [-0.39, 0.29) is 6.04 Å². The molecule has 0 saturated heterocycles. The Kier molecular flexibility index (Phi) is 2.20. The molecule has 1 atom stereocenters. The Morgan fingerprint density at radius 3 is 2.85 bits per heavy atom. The van der Waals surface area contributed by atoms with Crippen LogP contribution in [0.1, 0.15) is 22.9 Å². The van der Waals surface area contributed by atoms with Gasteiger partial charge in [-0.1, -0.05) is 0 Å². The first-order valence-electron chi connectivity index (χ1n) is 4.10. The van der Waals surface area contributed by atoms with Crippen LogP contribution >= 0.6 is 11.3 Å². The van der Waals surface area contributed by atoms with E-state index in [9.17, 15) is 0 Å². The molecule has 2 nitrogen and oxygen atoms in total. The van der Waals surface area contributed by atoms with Crippen molar-refractivity contribution in [1.82, 2.24) is 0 Å². The van der Waals surface area contributed by atoms with Gasteiger partial charge in [0.1, 0.15) is 5.76 Å². The van der Waals surface area contributed by atoms with Crippen LogP contribution in [0, 0.1) is 6.92 Å². The Labute approximate surface area is 81.0 Å². The van der Waals surface area contributed by atoms with Gasteiger partial charge < -0.3 is 10.2 Å². The van der Waals surface area contributed by atoms with Crippen LogP contribution in [0.25, 0.3) is 0 Å². The van der Waals surface area contributed by atoms with Gasteiger partial charge >= 0.3 is 0 Å². The SMILES string of the molecule is Cc1cc(C(N)c2ccsc2)co1. The van der Waals surface area contributed by atoms with Crippen molar-refractivity contribution in [3.8, 4) is 0 Å². The van der Waals surface area contributed by atoms with Crippen LogP contribution in [-0.4, -0.2) is 0 Å². The normalized spacial score (nSPS) is 13.1. The fourth-order valence-electron chi connectivity index (χ4n) is 1.27. The average Bonchev–Trinajstić information content (AvgIpc) is 2.72. The van der Waals surface area contributed by atoms with Gasteiger partial charge in [-0.25, -0.2) is 0 Å². The van der Waals surface area contributed by atoms with Gasteiger partial charge in [-0.05, 0) is 35.4 Å². The molecule has 0 aliphatic rings. The van der Waals surface area contributed by atoms with Gasteiger partial charge in [-0.3, -0.25) is 0 Å². The summed E-state index contributed by atoms with van der Waals surface area (Å²) in [5.74, 6) is 0.903. The van der Waals surface area contributed by atoms with Gasteiger partial charge in [0.05, 0.1) is 12.3 Å². The molecule has 3 heteroatoms. The Bertz CT molecular complexity index is 377. The second-order valence-corrected chi connectivity index (χ2v) is 3.81. The van der Waals surface area contributed by atoms with E-state index in [4.69, 9.17) is 10.2 Å². The average molecular weight is 193 g/mol. The predicted molar refractivity (Wildman–Crippen MR) is 53.8 cm³/mol. The third-order valence-electron chi connectivity index (χ3n) is 2.01. The first-order valence-corrected chi connectivity index (χ1v) is 5.04. The van der Waals surface area contributed by atoms with Crippen LogP contribution in [0.15, 0.2) is 33.6 Å². The summed E-state index contributed by atoms with van der Waals surface area (Å²) in [5, 5.41) is 4.09. The van der Waals surface area contributed by atoms with Crippen molar-refractivity contribution in [2.45, 2.75) is 13.0 Å². The fourth-order valence-corrected chi connectivity index (χ4v) is 1.97. The summed E-state index contributed by atoms with van der Waals surface area (Å²) in [5.41, 5.74) is 8.20. The zero-order valence-electron chi connectivity index (χ0n) is 7.36. The van der Waals surface area contributed by atoms with E-state index in [1.807, 2.05) is 24.4 Å². The molecule has 0 spiro atoms. The van der Waals surface area contributed by atoms with Crippen LogP contribution in [0.3, 0.4) is 0 Å². The van der Waals surface area contributed by atoms with Gasteiger partial charge in [0, 0.05) is 5.56 Å². The lowest BCUT2D eigenvalue weighted by atomic mass is 10.1. The molecule has 2 rings (SSSR count). The number of aryl methyl sites for hydroxylation is 1.